The highest BCUT2D eigenvalue weighted by molar-refractivity contribution is 5.95. The van der Waals surface area contributed by atoms with Crippen LogP contribution in [0, 0.1) is 10.1 Å². The van der Waals surface area contributed by atoms with E-state index in [2.05, 4.69) is 0 Å². The number of methoxy groups -OCH3 is 1. The van der Waals surface area contributed by atoms with Gasteiger partial charge in [0.15, 0.2) is 5.75 Å². The molecule has 1 rings (SSSR count). The molecular formula is C11H14N2O4. The summed E-state index contributed by atoms with van der Waals surface area (Å²) in [5.41, 5.74) is 0.0738. The normalized spacial score (nSPS) is 9.82. The molecule has 1 aromatic carbocycles. The van der Waals surface area contributed by atoms with E-state index in [0.29, 0.717) is 6.54 Å². The SMILES string of the molecule is CCN(C)C(=O)c1ccc(OC)c([N+](=O)[O-])c1. The van der Waals surface area contributed by atoms with Crippen LogP contribution in [0.25, 0.3) is 0 Å². The molecule has 0 spiro atoms. The molecule has 0 aromatic heterocycles. The summed E-state index contributed by atoms with van der Waals surface area (Å²) in [4.78, 5) is 23.5. The van der Waals surface area contributed by atoms with Gasteiger partial charge in [0.25, 0.3) is 5.91 Å². The number of nitro groups is 1. The van der Waals surface area contributed by atoms with Crippen molar-refractivity contribution in [1.82, 2.24) is 4.90 Å². The second kappa shape index (κ2) is 5.29. The summed E-state index contributed by atoms with van der Waals surface area (Å²) in [6, 6.07) is 4.17. The van der Waals surface area contributed by atoms with Crippen molar-refractivity contribution in [2.24, 2.45) is 0 Å². The molecule has 6 nitrogen and oxygen atoms in total. The van der Waals surface area contributed by atoms with Crippen LogP contribution in [0.3, 0.4) is 0 Å². The number of carbonyl (C=O) groups excluding carboxylic acids is 1. The minimum absolute atomic E-state index is 0.144. The first-order valence-corrected chi connectivity index (χ1v) is 5.09. The molecule has 0 aliphatic heterocycles. The first-order chi connectivity index (χ1) is 8.01. The lowest BCUT2D eigenvalue weighted by molar-refractivity contribution is -0.385. The molecule has 1 amide bonds. The maximum atomic E-state index is 11.8. The van der Waals surface area contributed by atoms with E-state index >= 15 is 0 Å². The molecule has 0 saturated heterocycles. The van der Waals surface area contributed by atoms with E-state index in [1.165, 1.54) is 30.2 Å². The minimum Gasteiger partial charge on any atom is -0.490 e. The number of amides is 1. The zero-order chi connectivity index (χ0) is 13.0. The largest absolute Gasteiger partial charge is 0.490 e. The summed E-state index contributed by atoms with van der Waals surface area (Å²) in [6.07, 6.45) is 0. The number of carbonyl (C=O) groups is 1. The molecule has 17 heavy (non-hydrogen) atoms. The van der Waals surface area contributed by atoms with Crippen LogP contribution < -0.4 is 4.74 Å². The van der Waals surface area contributed by atoms with Gasteiger partial charge in [0.1, 0.15) is 0 Å². The van der Waals surface area contributed by atoms with Crippen molar-refractivity contribution in [1.29, 1.82) is 0 Å². The monoisotopic (exact) mass is 238 g/mol. The van der Waals surface area contributed by atoms with Crippen LogP contribution in [0.2, 0.25) is 0 Å². The summed E-state index contributed by atoms with van der Waals surface area (Å²) in [7, 11) is 2.99. The fraction of sp³-hybridized carbons (Fsp3) is 0.364. The van der Waals surface area contributed by atoms with Crippen LogP contribution >= 0.6 is 0 Å². The Labute approximate surface area is 98.9 Å². The number of nitro benzene ring substituents is 1. The predicted molar refractivity (Wildman–Crippen MR) is 62.3 cm³/mol. The second-order valence-electron chi connectivity index (χ2n) is 3.46. The molecule has 0 atom stereocenters. The Morgan fingerprint density at radius 3 is 2.65 bits per heavy atom. The van der Waals surface area contributed by atoms with Crippen LogP contribution in [-0.2, 0) is 0 Å². The van der Waals surface area contributed by atoms with Gasteiger partial charge in [-0.3, -0.25) is 14.9 Å². The molecule has 0 aliphatic carbocycles. The van der Waals surface area contributed by atoms with Crippen LogP contribution in [0.4, 0.5) is 5.69 Å². The van der Waals surface area contributed by atoms with Crippen molar-refractivity contribution in [3.63, 3.8) is 0 Å². The molecule has 0 aliphatic rings. The van der Waals surface area contributed by atoms with E-state index in [4.69, 9.17) is 4.74 Å². The van der Waals surface area contributed by atoms with E-state index in [9.17, 15) is 14.9 Å². The lowest BCUT2D eigenvalue weighted by Crippen LogP contribution is -2.26. The van der Waals surface area contributed by atoms with Crippen molar-refractivity contribution in [3.8, 4) is 5.75 Å². The third-order valence-corrected chi connectivity index (χ3v) is 2.44. The Balaban J connectivity index is 3.16. The van der Waals surface area contributed by atoms with Gasteiger partial charge in [0.2, 0.25) is 0 Å². The van der Waals surface area contributed by atoms with Crippen molar-refractivity contribution in [2.45, 2.75) is 6.92 Å². The Morgan fingerprint density at radius 1 is 1.53 bits per heavy atom. The molecule has 0 saturated carbocycles. The first-order valence-electron chi connectivity index (χ1n) is 5.09. The summed E-state index contributed by atoms with van der Waals surface area (Å²) < 4.78 is 4.86. The Morgan fingerprint density at radius 2 is 2.18 bits per heavy atom. The molecule has 0 unspecified atom stereocenters. The van der Waals surface area contributed by atoms with Gasteiger partial charge in [-0.2, -0.15) is 0 Å². The molecule has 0 heterocycles. The zero-order valence-electron chi connectivity index (χ0n) is 9.97. The van der Waals surface area contributed by atoms with Crippen molar-refractivity contribution >= 4 is 11.6 Å². The Kier molecular flexibility index (Phi) is 4.03. The maximum Gasteiger partial charge on any atom is 0.311 e. The van der Waals surface area contributed by atoms with Crippen LogP contribution in [0.15, 0.2) is 18.2 Å². The topological polar surface area (TPSA) is 72.7 Å². The molecule has 0 fully saturated rings. The van der Waals surface area contributed by atoms with Gasteiger partial charge in [0, 0.05) is 25.2 Å². The van der Waals surface area contributed by atoms with E-state index in [1.54, 1.807) is 7.05 Å². The molecule has 0 bridgehead atoms. The average molecular weight is 238 g/mol. The highest BCUT2D eigenvalue weighted by atomic mass is 16.6. The van der Waals surface area contributed by atoms with Gasteiger partial charge in [-0.15, -0.1) is 0 Å². The van der Waals surface area contributed by atoms with Gasteiger partial charge in [-0.25, -0.2) is 0 Å². The molecule has 1 aromatic rings. The number of benzene rings is 1. The van der Waals surface area contributed by atoms with Gasteiger partial charge in [-0.05, 0) is 19.1 Å². The number of nitrogens with zero attached hydrogens (tertiary/aromatic N) is 2. The fourth-order valence-corrected chi connectivity index (χ4v) is 1.33. The molecule has 0 radical (unpaired) electrons. The van der Waals surface area contributed by atoms with Gasteiger partial charge in [0.05, 0.1) is 12.0 Å². The summed E-state index contributed by atoms with van der Waals surface area (Å²) in [6.45, 7) is 2.37. The Bertz CT molecular complexity index is 445. The van der Waals surface area contributed by atoms with Gasteiger partial charge >= 0.3 is 5.69 Å². The van der Waals surface area contributed by atoms with Crippen molar-refractivity contribution in [2.75, 3.05) is 20.7 Å². The molecule has 0 N–H and O–H groups in total. The van der Waals surface area contributed by atoms with Crippen LogP contribution in [0.1, 0.15) is 17.3 Å². The maximum absolute atomic E-state index is 11.8. The smallest absolute Gasteiger partial charge is 0.311 e. The zero-order valence-corrected chi connectivity index (χ0v) is 9.97. The molecular weight excluding hydrogens is 224 g/mol. The highest BCUT2D eigenvalue weighted by Crippen LogP contribution is 2.27. The number of hydrogen-bond donors (Lipinski definition) is 0. The van der Waals surface area contributed by atoms with E-state index in [-0.39, 0.29) is 22.9 Å². The van der Waals surface area contributed by atoms with Crippen molar-refractivity contribution in [3.05, 3.63) is 33.9 Å². The summed E-state index contributed by atoms with van der Waals surface area (Å²) in [5, 5.41) is 10.8. The number of rotatable bonds is 4. The third-order valence-electron chi connectivity index (χ3n) is 2.44. The third kappa shape index (κ3) is 2.72. The van der Waals surface area contributed by atoms with E-state index < -0.39 is 4.92 Å². The minimum atomic E-state index is -0.568. The lowest BCUT2D eigenvalue weighted by Gasteiger charge is -2.14. The number of ether oxygens (including phenoxy) is 1. The molecule has 92 valence electrons. The Hall–Kier alpha value is -2.11. The average Bonchev–Trinajstić information content (AvgIpc) is 2.35. The van der Waals surface area contributed by atoms with Gasteiger partial charge < -0.3 is 9.64 Å². The highest BCUT2D eigenvalue weighted by Gasteiger charge is 2.19. The van der Waals surface area contributed by atoms with E-state index in [1.807, 2.05) is 6.92 Å². The lowest BCUT2D eigenvalue weighted by atomic mass is 10.1. The predicted octanol–water partition coefficient (Wildman–Crippen LogP) is 1.70. The molecule has 6 heteroatoms. The summed E-state index contributed by atoms with van der Waals surface area (Å²) in [5.74, 6) is -0.107. The second-order valence-corrected chi connectivity index (χ2v) is 3.46. The standard InChI is InChI=1S/C11H14N2O4/c1-4-12(2)11(14)8-5-6-10(17-3)9(7-8)13(15)16/h5-7H,4H2,1-3H3. The quantitative estimate of drug-likeness (QED) is 0.591. The van der Waals surface area contributed by atoms with Crippen LogP contribution in [0.5, 0.6) is 5.75 Å². The summed E-state index contributed by atoms with van der Waals surface area (Å²) >= 11 is 0. The van der Waals surface area contributed by atoms with Crippen molar-refractivity contribution < 1.29 is 14.5 Å². The van der Waals surface area contributed by atoms with Crippen LogP contribution in [-0.4, -0.2) is 36.4 Å². The van der Waals surface area contributed by atoms with Gasteiger partial charge in [-0.1, -0.05) is 0 Å². The van der Waals surface area contributed by atoms with E-state index in [0.717, 1.165) is 0 Å². The fourth-order valence-electron chi connectivity index (χ4n) is 1.33. The first kappa shape index (κ1) is 13.0. The number of hydrogen-bond acceptors (Lipinski definition) is 4.